The Morgan fingerprint density at radius 3 is 2.26 bits per heavy atom. The van der Waals surface area contributed by atoms with Crippen LogP contribution in [-0.4, -0.2) is 30.6 Å². The maximum atomic E-state index is 13.2. The quantitative estimate of drug-likeness (QED) is 0.817. The largest absolute Gasteiger partial charge is 0.306 e. The van der Waals surface area contributed by atoms with E-state index in [2.05, 4.69) is 31.0 Å². The highest BCUT2D eigenvalue weighted by Gasteiger charge is 2.13. The van der Waals surface area contributed by atoms with Crippen LogP contribution >= 0.6 is 0 Å². The highest BCUT2D eigenvalue weighted by Crippen LogP contribution is 2.16. The molecule has 0 saturated carbocycles. The minimum atomic E-state index is -0.799. The Morgan fingerprint density at radius 1 is 1.11 bits per heavy atom. The second-order valence-corrected chi connectivity index (χ2v) is 4.95. The van der Waals surface area contributed by atoms with Crippen LogP contribution in [0.1, 0.15) is 39.3 Å². The molecule has 0 aromatic heterocycles. The number of halogens is 2. The van der Waals surface area contributed by atoms with Crippen LogP contribution in [-0.2, 0) is 0 Å². The van der Waals surface area contributed by atoms with Gasteiger partial charge in [0.25, 0.3) is 0 Å². The second kappa shape index (κ2) is 7.56. The first-order chi connectivity index (χ1) is 8.97. The molecule has 1 aromatic carbocycles. The Hall–Kier alpha value is -1.00. The Balaban J connectivity index is 2.58. The molecular weight excluding hydrogens is 246 g/mol. The molecule has 0 amide bonds. The smallest absolute Gasteiger partial charge is 0.159 e. The predicted octanol–water partition coefficient (Wildman–Crippen LogP) is 3.35. The van der Waals surface area contributed by atoms with Crippen molar-refractivity contribution in [1.82, 2.24) is 10.2 Å². The van der Waals surface area contributed by atoms with Crippen LogP contribution in [0.2, 0.25) is 0 Å². The first-order valence-electron chi connectivity index (χ1n) is 6.91. The maximum absolute atomic E-state index is 13.2. The maximum Gasteiger partial charge on any atom is 0.159 e. The van der Waals surface area contributed by atoms with Crippen molar-refractivity contribution in [2.24, 2.45) is 0 Å². The van der Waals surface area contributed by atoms with Gasteiger partial charge in [0.1, 0.15) is 0 Å². The van der Waals surface area contributed by atoms with Gasteiger partial charge in [-0.2, -0.15) is 0 Å². The number of nitrogens with zero attached hydrogens (tertiary/aromatic N) is 1. The molecule has 1 aromatic rings. The molecule has 2 atom stereocenters. The third-order valence-electron chi connectivity index (χ3n) is 3.40. The third-order valence-corrected chi connectivity index (χ3v) is 3.40. The molecule has 0 spiro atoms. The summed E-state index contributed by atoms with van der Waals surface area (Å²) < 4.78 is 26.1. The van der Waals surface area contributed by atoms with Crippen molar-refractivity contribution in [3.8, 4) is 0 Å². The van der Waals surface area contributed by atoms with E-state index in [0.717, 1.165) is 25.2 Å². The molecule has 0 bridgehead atoms. The number of hydrogen-bond donors (Lipinski definition) is 1. The molecule has 0 aliphatic carbocycles. The number of nitrogens with one attached hydrogen (secondary N) is 1. The van der Waals surface area contributed by atoms with Crippen molar-refractivity contribution in [3.63, 3.8) is 0 Å². The van der Waals surface area contributed by atoms with E-state index in [1.807, 2.05) is 6.92 Å². The lowest BCUT2D eigenvalue weighted by Gasteiger charge is -2.26. The van der Waals surface area contributed by atoms with Crippen LogP contribution in [0, 0.1) is 11.6 Å². The third kappa shape index (κ3) is 4.88. The summed E-state index contributed by atoms with van der Waals surface area (Å²) in [6, 6.07) is 4.36. The number of likely N-dealkylation sites (N-methyl/N-ethyl adjacent to an activating group) is 1. The molecule has 4 heteroatoms. The minimum Gasteiger partial charge on any atom is -0.306 e. The average molecular weight is 270 g/mol. The van der Waals surface area contributed by atoms with E-state index in [0.29, 0.717) is 6.04 Å². The number of benzene rings is 1. The Labute approximate surface area is 114 Å². The van der Waals surface area contributed by atoms with E-state index in [9.17, 15) is 8.78 Å². The van der Waals surface area contributed by atoms with Gasteiger partial charge in [0.2, 0.25) is 0 Å². The standard InChI is InChI=1S/C15H24F2N2/c1-5-19(6-2)10-11(3)18-12(4)13-7-8-14(16)15(17)9-13/h7-9,11-12,18H,5-6,10H2,1-4H3. The molecule has 0 heterocycles. The normalized spacial score (nSPS) is 14.7. The van der Waals surface area contributed by atoms with Crippen LogP contribution in [0.15, 0.2) is 18.2 Å². The van der Waals surface area contributed by atoms with E-state index in [-0.39, 0.29) is 6.04 Å². The zero-order valence-corrected chi connectivity index (χ0v) is 12.2. The second-order valence-electron chi connectivity index (χ2n) is 4.95. The van der Waals surface area contributed by atoms with E-state index in [1.165, 1.54) is 12.1 Å². The van der Waals surface area contributed by atoms with E-state index >= 15 is 0 Å². The van der Waals surface area contributed by atoms with Gasteiger partial charge in [-0.3, -0.25) is 0 Å². The lowest BCUT2D eigenvalue weighted by atomic mass is 10.1. The van der Waals surface area contributed by atoms with Crippen LogP contribution in [0.4, 0.5) is 8.78 Å². The molecule has 2 nitrogen and oxygen atoms in total. The number of hydrogen-bond acceptors (Lipinski definition) is 2. The Kier molecular flexibility index (Phi) is 6.38. The first-order valence-corrected chi connectivity index (χ1v) is 6.91. The lowest BCUT2D eigenvalue weighted by Crippen LogP contribution is -2.40. The minimum absolute atomic E-state index is 0.000613. The fourth-order valence-electron chi connectivity index (χ4n) is 2.23. The lowest BCUT2D eigenvalue weighted by molar-refractivity contribution is 0.263. The average Bonchev–Trinajstić information content (AvgIpc) is 2.38. The van der Waals surface area contributed by atoms with Gasteiger partial charge in [-0.25, -0.2) is 8.78 Å². The summed E-state index contributed by atoms with van der Waals surface area (Å²) in [5.41, 5.74) is 0.769. The topological polar surface area (TPSA) is 15.3 Å². The molecule has 0 fully saturated rings. The molecule has 108 valence electrons. The van der Waals surface area contributed by atoms with Crippen molar-refractivity contribution >= 4 is 0 Å². The SMILES string of the molecule is CCN(CC)CC(C)NC(C)c1ccc(F)c(F)c1. The van der Waals surface area contributed by atoms with Crippen LogP contribution in [0.25, 0.3) is 0 Å². The van der Waals surface area contributed by atoms with Crippen molar-refractivity contribution in [3.05, 3.63) is 35.4 Å². The zero-order chi connectivity index (χ0) is 14.4. The summed E-state index contributed by atoms with van der Waals surface area (Å²) in [5, 5.41) is 3.41. The Morgan fingerprint density at radius 2 is 1.74 bits per heavy atom. The van der Waals surface area contributed by atoms with Crippen molar-refractivity contribution in [2.45, 2.75) is 39.8 Å². The summed E-state index contributed by atoms with van der Waals surface area (Å²) in [5.74, 6) is -1.59. The summed E-state index contributed by atoms with van der Waals surface area (Å²) in [7, 11) is 0. The first kappa shape index (κ1) is 16.1. The molecule has 19 heavy (non-hydrogen) atoms. The monoisotopic (exact) mass is 270 g/mol. The highest BCUT2D eigenvalue weighted by atomic mass is 19.2. The van der Waals surface area contributed by atoms with Gasteiger partial charge >= 0.3 is 0 Å². The van der Waals surface area contributed by atoms with Gasteiger partial charge in [-0.15, -0.1) is 0 Å². The summed E-state index contributed by atoms with van der Waals surface area (Å²) in [6.45, 7) is 11.3. The summed E-state index contributed by atoms with van der Waals surface area (Å²) in [6.07, 6.45) is 0. The van der Waals surface area contributed by atoms with Gasteiger partial charge < -0.3 is 10.2 Å². The van der Waals surface area contributed by atoms with E-state index in [4.69, 9.17) is 0 Å². The molecule has 0 saturated heterocycles. The number of rotatable bonds is 7. The molecule has 1 rings (SSSR count). The van der Waals surface area contributed by atoms with Crippen LogP contribution in [0.5, 0.6) is 0 Å². The van der Waals surface area contributed by atoms with Gasteiger partial charge in [0, 0.05) is 18.6 Å². The molecule has 0 aliphatic rings. The molecule has 0 radical (unpaired) electrons. The van der Waals surface area contributed by atoms with E-state index < -0.39 is 11.6 Å². The van der Waals surface area contributed by atoms with Crippen molar-refractivity contribution < 1.29 is 8.78 Å². The van der Waals surface area contributed by atoms with Gasteiger partial charge in [-0.05, 0) is 44.6 Å². The van der Waals surface area contributed by atoms with E-state index in [1.54, 1.807) is 6.07 Å². The van der Waals surface area contributed by atoms with Crippen molar-refractivity contribution in [2.75, 3.05) is 19.6 Å². The molecule has 0 aliphatic heterocycles. The van der Waals surface area contributed by atoms with Gasteiger partial charge in [-0.1, -0.05) is 19.9 Å². The molecule has 1 N–H and O–H groups in total. The van der Waals surface area contributed by atoms with Gasteiger partial charge in [0.05, 0.1) is 0 Å². The zero-order valence-electron chi connectivity index (χ0n) is 12.2. The Bertz CT molecular complexity index is 392. The fourth-order valence-corrected chi connectivity index (χ4v) is 2.23. The summed E-state index contributed by atoms with van der Waals surface area (Å²) >= 11 is 0. The summed E-state index contributed by atoms with van der Waals surface area (Å²) in [4.78, 5) is 2.33. The van der Waals surface area contributed by atoms with Crippen molar-refractivity contribution in [1.29, 1.82) is 0 Å². The fraction of sp³-hybridized carbons (Fsp3) is 0.600. The predicted molar refractivity (Wildman–Crippen MR) is 75.2 cm³/mol. The van der Waals surface area contributed by atoms with Crippen LogP contribution < -0.4 is 5.32 Å². The van der Waals surface area contributed by atoms with Crippen LogP contribution in [0.3, 0.4) is 0 Å². The van der Waals surface area contributed by atoms with Gasteiger partial charge in [0.15, 0.2) is 11.6 Å². The molecule has 2 unspecified atom stereocenters. The molecular formula is C15H24F2N2. The highest BCUT2D eigenvalue weighted by molar-refractivity contribution is 5.20.